The standard InChI is InChI=1S/C11H11BrF3NO2/c1-10(2,9(17)18)16-8-5-6(12)3-4-7(8)11(13,14)15/h3-5,16H,1-2H3,(H,17,18). The number of nitrogens with one attached hydrogen (secondary N) is 1. The molecule has 3 nitrogen and oxygen atoms in total. The fourth-order valence-electron chi connectivity index (χ4n) is 1.26. The monoisotopic (exact) mass is 325 g/mol. The van der Waals surface area contributed by atoms with E-state index in [0.29, 0.717) is 4.47 Å². The number of aliphatic carboxylic acids is 1. The molecule has 0 amide bonds. The van der Waals surface area contributed by atoms with Crippen LogP contribution in [0.25, 0.3) is 0 Å². The summed E-state index contributed by atoms with van der Waals surface area (Å²) in [4.78, 5) is 10.9. The zero-order chi connectivity index (χ0) is 14.1. The molecule has 0 saturated heterocycles. The zero-order valence-corrected chi connectivity index (χ0v) is 11.2. The van der Waals surface area contributed by atoms with E-state index < -0.39 is 23.2 Å². The second-order valence-electron chi connectivity index (χ2n) is 4.24. The minimum Gasteiger partial charge on any atom is -0.480 e. The average Bonchev–Trinajstić information content (AvgIpc) is 2.14. The van der Waals surface area contributed by atoms with Gasteiger partial charge in [0.2, 0.25) is 0 Å². The van der Waals surface area contributed by atoms with Crippen molar-refractivity contribution < 1.29 is 23.1 Å². The van der Waals surface area contributed by atoms with Crippen LogP contribution in [0.15, 0.2) is 22.7 Å². The Labute approximate surface area is 110 Å². The van der Waals surface area contributed by atoms with E-state index in [0.717, 1.165) is 6.07 Å². The van der Waals surface area contributed by atoms with Gasteiger partial charge in [-0.2, -0.15) is 13.2 Å². The summed E-state index contributed by atoms with van der Waals surface area (Å²) in [6.07, 6.45) is -4.54. The second kappa shape index (κ2) is 4.79. The normalized spacial score (nSPS) is 12.3. The average molecular weight is 326 g/mol. The van der Waals surface area contributed by atoms with Crippen LogP contribution in [0.2, 0.25) is 0 Å². The maximum atomic E-state index is 12.8. The lowest BCUT2D eigenvalue weighted by molar-refractivity contribution is -0.142. The molecule has 18 heavy (non-hydrogen) atoms. The molecule has 0 heterocycles. The van der Waals surface area contributed by atoms with E-state index in [1.165, 1.54) is 26.0 Å². The van der Waals surface area contributed by atoms with Crippen LogP contribution in [0.1, 0.15) is 19.4 Å². The Hall–Kier alpha value is -1.24. The van der Waals surface area contributed by atoms with E-state index in [4.69, 9.17) is 5.11 Å². The van der Waals surface area contributed by atoms with Gasteiger partial charge in [0.15, 0.2) is 0 Å². The van der Waals surface area contributed by atoms with E-state index in [-0.39, 0.29) is 5.69 Å². The Morgan fingerprint density at radius 2 is 1.89 bits per heavy atom. The van der Waals surface area contributed by atoms with Gasteiger partial charge < -0.3 is 10.4 Å². The van der Waals surface area contributed by atoms with Crippen molar-refractivity contribution in [2.75, 3.05) is 5.32 Å². The second-order valence-corrected chi connectivity index (χ2v) is 5.16. The summed E-state index contributed by atoms with van der Waals surface area (Å²) in [7, 11) is 0. The highest BCUT2D eigenvalue weighted by molar-refractivity contribution is 9.10. The fraction of sp³-hybridized carbons (Fsp3) is 0.364. The summed E-state index contributed by atoms with van der Waals surface area (Å²) >= 11 is 3.05. The Morgan fingerprint density at radius 1 is 1.33 bits per heavy atom. The Kier molecular flexibility index (Phi) is 3.95. The molecule has 0 radical (unpaired) electrons. The van der Waals surface area contributed by atoms with E-state index in [1.807, 2.05) is 0 Å². The first-order chi connectivity index (χ1) is 8.04. The van der Waals surface area contributed by atoms with Crippen LogP contribution < -0.4 is 5.32 Å². The highest BCUT2D eigenvalue weighted by atomic mass is 79.9. The summed E-state index contributed by atoms with van der Waals surface area (Å²) in [6, 6.07) is 3.35. The molecule has 0 aliphatic heterocycles. The fourth-order valence-corrected chi connectivity index (χ4v) is 1.62. The first-order valence-electron chi connectivity index (χ1n) is 4.92. The molecular weight excluding hydrogens is 315 g/mol. The van der Waals surface area contributed by atoms with E-state index >= 15 is 0 Å². The van der Waals surface area contributed by atoms with Crippen molar-refractivity contribution in [2.24, 2.45) is 0 Å². The van der Waals surface area contributed by atoms with Gasteiger partial charge in [0.05, 0.1) is 5.56 Å². The van der Waals surface area contributed by atoms with Gasteiger partial charge >= 0.3 is 12.1 Å². The van der Waals surface area contributed by atoms with Crippen molar-refractivity contribution >= 4 is 27.6 Å². The molecule has 0 aromatic heterocycles. The Balaban J connectivity index is 3.23. The van der Waals surface area contributed by atoms with E-state index in [2.05, 4.69) is 21.2 Å². The van der Waals surface area contributed by atoms with Crippen LogP contribution in [0, 0.1) is 0 Å². The minimum absolute atomic E-state index is 0.274. The number of hydrogen-bond donors (Lipinski definition) is 2. The third-order valence-corrected chi connectivity index (χ3v) is 2.76. The molecule has 0 atom stereocenters. The van der Waals surface area contributed by atoms with Crippen LogP contribution >= 0.6 is 15.9 Å². The van der Waals surface area contributed by atoms with Crippen LogP contribution in [-0.4, -0.2) is 16.6 Å². The summed E-state index contributed by atoms with van der Waals surface area (Å²) in [5, 5.41) is 11.3. The number of carboxylic acid groups (broad SMARTS) is 1. The predicted octanol–water partition coefficient (Wildman–Crippen LogP) is 3.74. The van der Waals surface area contributed by atoms with Gasteiger partial charge in [-0.1, -0.05) is 15.9 Å². The largest absolute Gasteiger partial charge is 0.480 e. The Morgan fingerprint density at radius 3 is 2.33 bits per heavy atom. The lowest BCUT2D eigenvalue weighted by atomic mass is 10.0. The van der Waals surface area contributed by atoms with Crippen molar-refractivity contribution in [1.29, 1.82) is 0 Å². The molecule has 1 aromatic rings. The minimum atomic E-state index is -4.54. The zero-order valence-electron chi connectivity index (χ0n) is 9.60. The molecule has 0 saturated carbocycles. The molecule has 1 rings (SSSR count). The van der Waals surface area contributed by atoms with Gasteiger partial charge in [-0.3, -0.25) is 0 Å². The summed E-state index contributed by atoms with van der Waals surface area (Å²) < 4.78 is 38.7. The van der Waals surface area contributed by atoms with Crippen molar-refractivity contribution in [3.63, 3.8) is 0 Å². The predicted molar refractivity (Wildman–Crippen MR) is 64.5 cm³/mol. The molecule has 0 spiro atoms. The lowest BCUT2D eigenvalue weighted by Crippen LogP contribution is -2.40. The number of carbonyl (C=O) groups is 1. The van der Waals surface area contributed by atoms with Crippen molar-refractivity contribution in [1.82, 2.24) is 0 Å². The summed E-state index contributed by atoms with van der Waals surface area (Å²) in [5.41, 5.74) is -2.68. The molecule has 0 aliphatic carbocycles. The number of halogens is 4. The number of carboxylic acids is 1. The summed E-state index contributed by atoms with van der Waals surface area (Å²) in [6.45, 7) is 2.58. The topological polar surface area (TPSA) is 49.3 Å². The SMILES string of the molecule is CC(C)(Nc1cc(Br)ccc1C(F)(F)F)C(=O)O. The van der Waals surface area contributed by atoms with E-state index in [1.54, 1.807) is 0 Å². The van der Waals surface area contributed by atoms with Crippen molar-refractivity contribution in [3.8, 4) is 0 Å². The molecule has 0 unspecified atom stereocenters. The maximum absolute atomic E-state index is 12.8. The molecule has 0 fully saturated rings. The van der Waals surface area contributed by atoms with Crippen LogP contribution in [0.3, 0.4) is 0 Å². The number of anilines is 1. The van der Waals surface area contributed by atoms with Gasteiger partial charge in [0.1, 0.15) is 5.54 Å². The van der Waals surface area contributed by atoms with Crippen LogP contribution in [0.4, 0.5) is 18.9 Å². The number of hydrogen-bond acceptors (Lipinski definition) is 2. The smallest absolute Gasteiger partial charge is 0.418 e. The molecule has 0 aliphatic rings. The quantitative estimate of drug-likeness (QED) is 0.890. The third-order valence-electron chi connectivity index (χ3n) is 2.27. The van der Waals surface area contributed by atoms with Crippen LogP contribution in [-0.2, 0) is 11.0 Å². The first-order valence-corrected chi connectivity index (χ1v) is 5.71. The number of rotatable bonds is 3. The van der Waals surface area contributed by atoms with Gasteiger partial charge in [-0.25, -0.2) is 4.79 Å². The molecule has 0 bridgehead atoms. The van der Waals surface area contributed by atoms with Gasteiger partial charge in [-0.15, -0.1) is 0 Å². The number of alkyl halides is 3. The maximum Gasteiger partial charge on any atom is 0.418 e. The Bertz CT molecular complexity index is 472. The lowest BCUT2D eigenvalue weighted by Gasteiger charge is -2.25. The van der Waals surface area contributed by atoms with E-state index in [9.17, 15) is 18.0 Å². The number of benzene rings is 1. The highest BCUT2D eigenvalue weighted by Crippen LogP contribution is 2.37. The third kappa shape index (κ3) is 3.38. The molecular formula is C11H11BrF3NO2. The van der Waals surface area contributed by atoms with Gasteiger partial charge in [0, 0.05) is 10.2 Å². The van der Waals surface area contributed by atoms with Gasteiger partial charge in [0.25, 0.3) is 0 Å². The highest BCUT2D eigenvalue weighted by Gasteiger charge is 2.36. The van der Waals surface area contributed by atoms with Crippen LogP contribution in [0.5, 0.6) is 0 Å². The molecule has 7 heteroatoms. The van der Waals surface area contributed by atoms with Crippen molar-refractivity contribution in [3.05, 3.63) is 28.2 Å². The first kappa shape index (κ1) is 14.8. The molecule has 1 aromatic carbocycles. The molecule has 2 N–H and O–H groups in total. The van der Waals surface area contributed by atoms with Gasteiger partial charge in [-0.05, 0) is 32.0 Å². The molecule has 100 valence electrons. The summed E-state index contributed by atoms with van der Waals surface area (Å²) in [5.74, 6) is -1.24. The van der Waals surface area contributed by atoms with Crippen molar-refractivity contribution in [2.45, 2.75) is 25.6 Å².